The number of fused-ring (bicyclic) bond motifs is 1. The third-order valence-electron chi connectivity index (χ3n) is 4.14. The van der Waals surface area contributed by atoms with Crippen LogP contribution in [0.4, 0.5) is 5.69 Å². The number of nitrogens with one attached hydrogen (secondary N) is 1. The van der Waals surface area contributed by atoms with Crippen LogP contribution in [0.15, 0.2) is 63.2 Å². The van der Waals surface area contributed by atoms with E-state index in [9.17, 15) is 18.3 Å². The van der Waals surface area contributed by atoms with Gasteiger partial charge in [-0.05, 0) is 55.7 Å². The molecule has 7 heteroatoms. The summed E-state index contributed by atoms with van der Waals surface area (Å²) >= 11 is 0. The lowest BCUT2D eigenvalue weighted by Gasteiger charge is -2.08. The maximum Gasteiger partial charge on any atom is 0.343 e. The zero-order valence-corrected chi connectivity index (χ0v) is 15.2. The van der Waals surface area contributed by atoms with E-state index >= 15 is 0 Å². The van der Waals surface area contributed by atoms with Crippen molar-refractivity contribution in [3.63, 3.8) is 0 Å². The van der Waals surface area contributed by atoms with E-state index in [2.05, 4.69) is 4.72 Å². The Labute approximate surface area is 156 Å². The van der Waals surface area contributed by atoms with Gasteiger partial charge in [-0.25, -0.2) is 13.2 Å². The Bertz CT molecular complexity index is 1150. The third-order valence-corrected chi connectivity index (χ3v) is 5.01. The van der Waals surface area contributed by atoms with Gasteiger partial charge >= 0.3 is 5.63 Å². The van der Waals surface area contributed by atoms with Crippen LogP contribution in [0.3, 0.4) is 0 Å². The molecule has 1 aromatic heterocycles. The first-order chi connectivity index (χ1) is 12.9. The Kier molecular flexibility index (Phi) is 5.32. The molecule has 0 aliphatic heterocycles. The molecule has 2 N–H and O–H groups in total. The highest BCUT2D eigenvalue weighted by Gasteiger charge is 2.13. The zero-order valence-electron chi connectivity index (χ0n) is 14.4. The Morgan fingerprint density at radius 3 is 2.67 bits per heavy atom. The Balaban J connectivity index is 1.73. The van der Waals surface area contributed by atoms with Crippen LogP contribution in [0.25, 0.3) is 11.0 Å². The minimum Gasteiger partial charge on any atom is -0.507 e. The van der Waals surface area contributed by atoms with Crippen molar-refractivity contribution in [2.45, 2.75) is 19.3 Å². The second-order valence-corrected chi connectivity index (χ2v) is 7.62. The molecule has 0 saturated carbocycles. The molecule has 0 unspecified atom stereocenters. The zero-order chi connectivity index (χ0) is 19.4. The highest BCUT2D eigenvalue weighted by atomic mass is 32.2. The molecule has 0 aliphatic rings. The van der Waals surface area contributed by atoms with Crippen molar-refractivity contribution in [1.82, 2.24) is 0 Å². The molecule has 0 amide bonds. The number of hydrogen-bond acceptors (Lipinski definition) is 5. The molecule has 0 spiro atoms. The van der Waals surface area contributed by atoms with Crippen LogP contribution in [-0.4, -0.2) is 13.5 Å². The standard InChI is InChI=1S/C20H18NO5S/c1-2-27(24,25)21-15-9-5-7-14(13-15)8-6-11-17-19(22)16-10-3-4-12-18(16)26-20(17)23/h1-5,7,9-10,12-13,21-22H,6,8,11H2. The largest absolute Gasteiger partial charge is 0.507 e. The number of sulfonamides is 1. The van der Waals surface area contributed by atoms with Crippen LogP contribution in [-0.2, 0) is 22.9 Å². The SMILES string of the molecule is [CH]=CS(=O)(=O)Nc1cccc(CCCc2c(O)c3ccccc3oc2=O)c1. The quantitative estimate of drug-likeness (QED) is 0.609. The van der Waals surface area contributed by atoms with Gasteiger partial charge in [0.15, 0.2) is 0 Å². The van der Waals surface area contributed by atoms with Gasteiger partial charge in [-0.2, -0.15) is 0 Å². The van der Waals surface area contributed by atoms with Crippen molar-refractivity contribution >= 4 is 26.7 Å². The van der Waals surface area contributed by atoms with Crippen LogP contribution in [0, 0.1) is 6.58 Å². The van der Waals surface area contributed by atoms with Crippen molar-refractivity contribution in [2.24, 2.45) is 0 Å². The smallest absolute Gasteiger partial charge is 0.343 e. The van der Waals surface area contributed by atoms with E-state index in [4.69, 9.17) is 11.0 Å². The van der Waals surface area contributed by atoms with E-state index in [0.717, 1.165) is 5.56 Å². The first-order valence-corrected chi connectivity index (χ1v) is 9.84. The van der Waals surface area contributed by atoms with Gasteiger partial charge in [0.05, 0.1) is 16.4 Å². The molecule has 1 heterocycles. The summed E-state index contributed by atoms with van der Waals surface area (Å²) in [5.41, 5.74) is 1.33. The van der Waals surface area contributed by atoms with Crippen molar-refractivity contribution in [1.29, 1.82) is 0 Å². The Morgan fingerprint density at radius 2 is 1.89 bits per heavy atom. The summed E-state index contributed by atoms with van der Waals surface area (Å²) in [7, 11) is -3.67. The van der Waals surface area contributed by atoms with Gasteiger partial charge in [0.25, 0.3) is 10.0 Å². The van der Waals surface area contributed by atoms with Gasteiger partial charge in [-0.3, -0.25) is 4.72 Å². The lowest BCUT2D eigenvalue weighted by atomic mass is 10.0. The maximum atomic E-state index is 12.1. The highest BCUT2D eigenvalue weighted by Crippen LogP contribution is 2.27. The third kappa shape index (κ3) is 4.38. The summed E-state index contributed by atoms with van der Waals surface area (Å²) in [4.78, 5) is 12.1. The van der Waals surface area contributed by atoms with Crippen LogP contribution in [0.1, 0.15) is 17.5 Å². The van der Waals surface area contributed by atoms with Gasteiger partial charge in [0.2, 0.25) is 0 Å². The van der Waals surface area contributed by atoms with E-state index < -0.39 is 15.6 Å². The summed E-state index contributed by atoms with van der Waals surface area (Å²) < 4.78 is 30.6. The Morgan fingerprint density at radius 1 is 1.11 bits per heavy atom. The van der Waals surface area contributed by atoms with Gasteiger partial charge in [-0.15, -0.1) is 0 Å². The minimum atomic E-state index is -3.67. The second kappa shape index (κ2) is 7.67. The number of aromatic hydroxyl groups is 1. The molecule has 0 bridgehead atoms. The fourth-order valence-electron chi connectivity index (χ4n) is 2.85. The molecule has 27 heavy (non-hydrogen) atoms. The molecular weight excluding hydrogens is 366 g/mol. The van der Waals surface area contributed by atoms with E-state index in [1.54, 1.807) is 42.5 Å². The van der Waals surface area contributed by atoms with Gasteiger partial charge in [0, 0.05) is 5.69 Å². The highest BCUT2D eigenvalue weighted by molar-refractivity contribution is 7.95. The van der Waals surface area contributed by atoms with Crippen molar-refractivity contribution < 1.29 is 17.9 Å². The first kappa shape index (κ1) is 18.7. The number of benzene rings is 2. The normalized spacial score (nSPS) is 11.4. The van der Waals surface area contributed by atoms with Crippen LogP contribution < -0.4 is 10.3 Å². The molecular formula is C20H18NO5S. The molecule has 3 aromatic rings. The molecule has 0 atom stereocenters. The predicted octanol–water partition coefficient (Wildman–Crippen LogP) is 3.36. The van der Waals surface area contributed by atoms with Crippen LogP contribution in [0.5, 0.6) is 5.75 Å². The summed E-state index contributed by atoms with van der Waals surface area (Å²) in [6.07, 6.45) is 1.51. The summed E-state index contributed by atoms with van der Waals surface area (Å²) in [5, 5.41) is 11.5. The fourth-order valence-corrected chi connectivity index (χ4v) is 3.37. The molecule has 0 aliphatic carbocycles. The average Bonchev–Trinajstić information content (AvgIpc) is 2.64. The molecule has 1 radical (unpaired) electrons. The molecule has 3 rings (SSSR count). The number of aryl methyl sites for hydroxylation is 1. The number of anilines is 1. The van der Waals surface area contributed by atoms with E-state index in [1.165, 1.54) is 0 Å². The number of rotatable bonds is 7. The van der Waals surface area contributed by atoms with E-state index in [-0.39, 0.29) is 11.3 Å². The fraction of sp³-hybridized carbons (Fsp3) is 0.150. The number of para-hydroxylation sites is 1. The topological polar surface area (TPSA) is 96.6 Å². The van der Waals surface area contributed by atoms with Gasteiger partial charge in [-0.1, -0.05) is 24.3 Å². The molecule has 2 aromatic carbocycles. The summed E-state index contributed by atoms with van der Waals surface area (Å²) in [6.45, 7) is 5.07. The molecule has 0 saturated heterocycles. The second-order valence-electron chi connectivity index (χ2n) is 6.05. The monoisotopic (exact) mass is 384 g/mol. The summed E-state index contributed by atoms with van der Waals surface area (Å²) in [6, 6.07) is 13.7. The molecule has 0 fully saturated rings. The lowest BCUT2D eigenvalue weighted by Crippen LogP contribution is -2.09. The predicted molar refractivity (Wildman–Crippen MR) is 104 cm³/mol. The Hall–Kier alpha value is -3.06. The maximum absolute atomic E-state index is 12.1. The van der Waals surface area contributed by atoms with Gasteiger partial charge in [0.1, 0.15) is 11.3 Å². The van der Waals surface area contributed by atoms with Crippen LogP contribution >= 0.6 is 0 Å². The van der Waals surface area contributed by atoms with Crippen LogP contribution in [0.2, 0.25) is 0 Å². The molecule has 139 valence electrons. The average molecular weight is 384 g/mol. The molecule has 6 nitrogen and oxygen atoms in total. The number of hydrogen-bond donors (Lipinski definition) is 2. The van der Waals surface area contributed by atoms with Gasteiger partial charge < -0.3 is 9.52 Å². The van der Waals surface area contributed by atoms with E-state index in [1.807, 2.05) is 6.07 Å². The minimum absolute atomic E-state index is 0.0538. The summed E-state index contributed by atoms with van der Waals surface area (Å²) in [5.74, 6) is -0.0538. The van der Waals surface area contributed by atoms with E-state index in [0.29, 0.717) is 41.3 Å². The first-order valence-electron chi connectivity index (χ1n) is 8.30. The van der Waals surface area contributed by atoms with Crippen molar-refractivity contribution in [3.8, 4) is 5.75 Å². The van der Waals surface area contributed by atoms with Crippen molar-refractivity contribution in [2.75, 3.05) is 4.72 Å². The van der Waals surface area contributed by atoms with Crippen molar-refractivity contribution in [3.05, 3.63) is 82.1 Å². The lowest BCUT2D eigenvalue weighted by molar-refractivity contribution is 0.455.